The largest absolute Gasteiger partial charge is 0.490 e. The van der Waals surface area contributed by atoms with Gasteiger partial charge in [0, 0.05) is 32.0 Å². The number of rotatable bonds is 10. The molecule has 0 fully saturated rings. The first-order valence-corrected chi connectivity index (χ1v) is 9.06. The van der Waals surface area contributed by atoms with Crippen molar-refractivity contribution in [2.75, 3.05) is 38.9 Å². The summed E-state index contributed by atoms with van der Waals surface area (Å²) in [5, 5.41) is 3.80. The van der Waals surface area contributed by atoms with E-state index in [2.05, 4.69) is 29.9 Å². The van der Waals surface area contributed by atoms with Gasteiger partial charge in [-0.2, -0.15) is 5.53 Å². The quantitative estimate of drug-likeness (QED) is 0.514. The maximum atomic E-state index is 5.89. The van der Waals surface area contributed by atoms with Crippen molar-refractivity contribution in [2.24, 2.45) is 5.11 Å². The normalized spacial score (nSPS) is 11.7. The zero-order valence-electron chi connectivity index (χ0n) is 16.9. The number of benzene rings is 2. The third kappa shape index (κ3) is 5.69. The van der Waals surface area contributed by atoms with Crippen molar-refractivity contribution in [2.45, 2.75) is 26.8 Å². The first kappa shape index (κ1) is 20.7. The molecule has 1 atom stereocenters. The Kier molecular flexibility index (Phi) is 7.61. The molecule has 0 heterocycles. The van der Waals surface area contributed by atoms with Crippen LogP contribution in [0.3, 0.4) is 0 Å². The summed E-state index contributed by atoms with van der Waals surface area (Å²) in [7, 11) is 3.72. The number of likely N-dealkylation sites (N-methyl/N-ethyl adjacent to an activating group) is 1. The first-order chi connectivity index (χ1) is 13.0. The number of ether oxygens (including phenoxy) is 3. The standard InChI is InChI=1S/C21H29N3O3/c1-15-6-9-20(16(2)12-15)26-10-11-27-21-13-18(7-8-19(21)23-22)24(4)17(3)14-25-5/h6-9,12-13,17,22H,10-11,14H2,1-5H3/p+1. The van der Waals surface area contributed by atoms with Crippen molar-refractivity contribution in [1.29, 1.82) is 0 Å². The van der Waals surface area contributed by atoms with E-state index in [-0.39, 0.29) is 6.04 Å². The summed E-state index contributed by atoms with van der Waals surface area (Å²) < 4.78 is 16.9. The van der Waals surface area contributed by atoms with Crippen molar-refractivity contribution in [3.8, 4) is 11.5 Å². The lowest BCUT2D eigenvalue weighted by Crippen LogP contribution is -2.32. The van der Waals surface area contributed by atoms with Gasteiger partial charge >= 0.3 is 0 Å². The average molecular weight is 372 g/mol. The molecule has 0 amide bonds. The van der Waals surface area contributed by atoms with E-state index >= 15 is 0 Å². The number of methoxy groups -OCH3 is 1. The Labute approximate surface area is 161 Å². The molecular formula is C21H30N3O3+. The van der Waals surface area contributed by atoms with Gasteiger partial charge in [-0.1, -0.05) is 17.7 Å². The summed E-state index contributed by atoms with van der Waals surface area (Å²) in [4.78, 5) is 2.13. The third-order valence-electron chi connectivity index (χ3n) is 4.49. The Morgan fingerprint density at radius 1 is 1.04 bits per heavy atom. The van der Waals surface area contributed by atoms with Crippen molar-refractivity contribution in [1.82, 2.24) is 0 Å². The minimum Gasteiger partial charge on any atom is -0.490 e. The Balaban J connectivity index is 1.99. The van der Waals surface area contributed by atoms with Crippen LogP contribution in [0.4, 0.5) is 11.4 Å². The Morgan fingerprint density at radius 2 is 1.74 bits per heavy atom. The van der Waals surface area contributed by atoms with Gasteiger partial charge in [-0.15, -0.1) is 0 Å². The van der Waals surface area contributed by atoms with Crippen LogP contribution in [-0.2, 0) is 4.74 Å². The molecule has 0 aliphatic heterocycles. The van der Waals surface area contributed by atoms with Crippen LogP contribution in [0, 0.1) is 13.8 Å². The van der Waals surface area contributed by atoms with Crippen molar-refractivity contribution in [3.63, 3.8) is 0 Å². The predicted molar refractivity (Wildman–Crippen MR) is 107 cm³/mol. The molecule has 2 rings (SSSR count). The molecule has 0 spiro atoms. The summed E-state index contributed by atoms with van der Waals surface area (Å²) in [6, 6.07) is 12.1. The van der Waals surface area contributed by atoms with E-state index in [0.29, 0.717) is 31.3 Å². The van der Waals surface area contributed by atoms with E-state index in [0.717, 1.165) is 17.0 Å². The molecule has 2 N–H and O–H groups in total. The zero-order valence-corrected chi connectivity index (χ0v) is 16.9. The topological polar surface area (TPSA) is 68.9 Å². The minimum atomic E-state index is 0.233. The lowest BCUT2D eigenvalue weighted by molar-refractivity contribution is -0.210. The van der Waals surface area contributed by atoms with Crippen LogP contribution in [0.1, 0.15) is 18.1 Å². The van der Waals surface area contributed by atoms with Crippen LogP contribution in [0.25, 0.3) is 0 Å². The van der Waals surface area contributed by atoms with E-state index in [1.807, 2.05) is 44.3 Å². The monoisotopic (exact) mass is 372 g/mol. The molecule has 2 aromatic rings. The van der Waals surface area contributed by atoms with Gasteiger partial charge in [0.2, 0.25) is 0 Å². The molecule has 6 heteroatoms. The highest BCUT2D eigenvalue weighted by molar-refractivity contribution is 5.61. The van der Waals surface area contributed by atoms with E-state index in [1.54, 1.807) is 7.11 Å². The van der Waals surface area contributed by atoms with Gasteiger partial charge in [-0.3, -0.25) is 0 Å². The molecule has 0 aromatic heterocycles. The number of nitrogens with zero attached hydrogens (tertiary/aromatic N) is 2. The van der Waals surface area contributed by atoms with Crippen LogP contribution in [0.15, 0.2) is 41.5 Å². The number of hydrogen-bond donors (Lipinski definition) is 1. The average Bonchev–Trinajstić information content (AvgIpc) is 2.66. The number of hydrogen-bond acceptors (Lipinski definition) is 5. The van der Waals surface area contributed by atoms with Crippen molar-refractivity contribution in [3.05, 3.63) is 47.5 Å². The molecule has 0 radical (unpaired) electrons. The second-order valence-corrected chi connectivity index (χ2v) is 6.66. The summed E-state index contributed by atoms with van der Waals surface area (Å²) in [5.74, 6) is 1.51. The fourth-order valence-corrected chi connectivity index (χ4v) is 2.82. The third-order valence-corrected chi connectivity index (χ3v) is 4.49. The van der Waals surface area contributed by atoms with Crippen LogP contribution in [0.5, 0.6) is 11.5 Å². The van der Waals surface area contributed by atoms with Crippen LogP contribution >= 0.6 is 0 Å². The second kappa shape index (κ2) is 9.92. The fourth-order valence-electron chi connectivity index (χ4n) is 2.82. The van der Waals surface area contributed by atoms with E-state index in [4.69, 9.17) is 19.7 Å². The van der Waals surface area contributed by atoms with E-state index in [9.17, 15) is 0 Å². The second-order valence-electron chi connectivity index (χ2n) is 6.66. The van der Waals surface area contributed by atoms with Crippen LogP contribution in [0.2, 0.25) is 0 Å². The number of aryl methyl sites for hydroxylation is 2. The highest BCUT2D eigenvalue weighted by Crippen LogP contribution is 2.32. The van der Waals surface area contributed by atoms with Gasteiger partial charge < -0.3 is 19.1 Å². The molecule has 0 saturated carbocycles. The molecular weight excluding hydrogens is 342 g/mol. The Morgan fingerprint density at radius 3 is 2.37 bits per heavy atom. The van der Waals surface area contributed by atoms with Gasteiger partial charge in [-0.25, -0.2) is 0 Å². The van der Waals surface area contributed by atoms with Gasteiger partial charge in [0.15, 0.2) is 11.4 Å². The molecule has 0 aliphatic carbocycles. The highest BCUT2D eigenvalue weighted by Gasteiger charge is 2.13. The number of nitrogens with two attached hydrogens (primary N) is 1. The van der Waals surface area contributed by atoms with Crippen LogP contribution < -0.4 is 19.9 Å². The molecule has 0 aliphatic rings. The maximum absolute atomic E-state index is 5.89. The molecule has 6 nitrogen and oxygen atoms in total. The van der Waals surface area contributed by atoms with Crippen molar-refractivity contribution < 1.29 is 19.7 Å². The highest BCUT2D eigenvalue weighted by atomic mass is 16.5. The molecule has 146 valence electrons. The lowest BCUT2D eigenvalue weighted by atomic mass is 10.1. The SMILES string of the molecule is COCC(C)N(C)c1ccc(N=[NH2+])c(OCCOc2ccc(C)cc2C)c1. The molecule has 0 bridgehead atoms. The lowest BCUT2D eigenvalue weighted by Gasteiger charge is -2.26. The minimum absolute atomic E-state index is 0.233. The Bertz CT molecular complexity index is 764. The maximum Gasteiger partial charge on any atom is 0.171 e. The van der Waals surface area contributed by atoms with E-state index < -0.39 is 0 Å². The zero-order chi connectivity index (χ0) is 19.8. The first-order valence-electron chi connectivity index (χ1n) is 9.06. The van der Waals surface area contributed by atoms with Gasteiger partial charge in [0.1, 0.15) is 19.0 Å². The van der Waals surface area contributed by atoms with Crippen LogP contribution in [-0.4, -0.2) is 40.0 Å². The van der Waals surface area contributed by atoms with Gasteiger partial charge in [0.05, 0.1) is 6.61 Å². The number of anilines is 1. The summed E-state index contributed by atoms with van der Waals surface area (Å²) in [6.07, 6.45) is 0. The van der Waals surface area contributed by atoms with E-state index in [1.165, 1.54) is 5.56 Å². The van der Waals surface area contributed by atoms with Gasteiger partial charge in [0.25, 0.3) is 0 Å². The molecule has 0 saturated heterocycles. The molecule has 27 heavy (non-hydrogen) atoms. The fraction of sp³-hybridized carbons (Fsp3) is 0.429. The summed E-state index contributed by atoms with van der Waals surface area (Å²) in [6.45, 7) is 7.68. The van der Waals surface area contributed by atoms with Crippen molar-refractivity contribution >= 4 is 11.4 Å². The smallest absolute Gasteiger partial charge is 0.171 e. The predicted octanol–water partition coefficient (Wildman–Crippen LogP) is 3.08. The van der Waals surface area contributed by atoms with Gasteiger partial charge in [-0.05, 0) is 49.6 Å². The Hall–Kier alpha value is -2.60. The molecule has 2 aromatic carbocycles. The summed E-state index contributed by atoms with van der Waals surface area (Å²) in [5.41, 5.74) is 9.45. The summed E-state index contributed by atoms with van der Waals surface area (Å²) >= 11 is 0. The molecule has 1 unspecified atom stereocenters.